The Balaban J connectivity index is 1.77. The molecule has 0 radical (unpaired) electrons. The van der Waals surface area contributed by atoms with E-state index in [9.17, 15) is 0 Å². The Bertz CT molecular complexity index is 1240. The van der Waals surface area contributed by atoms with Gasteiger partial charge in [0.2, 0.25) is 0 Å². The maximum atomic E-state index is 6.08. The van der Waals surface area contributed by atoms with Crippen LogP contribution in [0, 0.1) is 0 Å². The highest BCUT2D eigenvalue weighted by molar-refractivity contribution is 5.91. The summed E-state index contributed by atoms with van der Waals surface area (Å²) in [5, 5.41) is 2.54. The Morgan fingerprint density at radius 2 is 1.21 bits per heavy atom. The molecule has 28 heavy (non-hydrogen) atoms. The van der Waals surface area contributed by atoms with Crippen molar-refractivity contribution < 1.29 is 4.74 Å². The molecule has 3 aromatic carbocycles. The topological polar surface area (TPSA) is 40.8 Å². The number of fused-ring (bicyclic) bond motifs is 3. The van der Waals surface area contributed by atoms with E-state index in [0.717, 1.165) is 12.2 Å². The summed E-state index contributed by atoms with van der Waals surface area (Å²) in [7, 11) is 0. The minimum absolute atomic E-state index is 0.270. The molecule has 0 saturated heterocycles. The van der Waals surface area contributed by atoms with Gasteiger partial charge in [-0.15, -0.1) is 0 Å². The first-order chi connectivity index (χ1) is 13.9. The molecule has 2 aromatic heterocycles. The number of aromatic nitrogens is 2. The van der Waals surface area contributed by atoms with Gasteiger partial charge in [0.1, 0.15) is 5.75 Å². The van der Waals surface area contributed by atoms with Crippen LogP contribution >= 0.6 is 0 Å². The van der Waals surface area contributed by atoms with E-state index in [4.69, 9.17) is 4.74 Å². The second-order valence-corrected chi connectivity index (χ2v) is 7.50. The van der Waals surface area contributed by atoms with E-state index >= 15 is 0 Å². The molecule has 0 bridgehead atoms. The zero-order valence-electron chi connectivity index (χ0n) is 15.4. The molecular formula is C25H20N2O. The summed E-state index contributed by atoms with van der Waals surface area (Å²) in [4.78, 5) is 7.00. The van der Waals surface area contributed by atoms with Gasteiger partial charge < -0.3 is 14.7 Å². The first-order valence-electron chi connectivity index (χ1n) is 9.73. The molecule has 0 aliphatic carbocycles. The first-order valence-corrected chi connectivity index (χ1v) is 9.73. The lowest BCUT2D eigenvalue weighted by Crippen LogP contribution is -2.35. The van der Waals surface area contributed by atoms with Crippen molar-refractivity contribution >= 4 is 21.8 Å². The molecule has 0 spiro atoms. The molecule has 0 saturated carbocycles. The van der Waals surface area contributed by atoms with Gasteiger partial charge in [-0.1, -0.05) is 54.6 Å². The zero-order chi connectivity index (χ0) is 18.6. The van der Waals surface area contributed by atoms with Crippen molar-refractivity contribution in [3.05, 3.63) is 102 Å². The fourth-order valence-electron chi connectivity index (χ4n) is 4.95. The summed E-state index contributed by atoms with van der Waals surface area (Å²) >= 11 is 0. The maximum Gasteiger partial charge on any atom is 0.123 e. The maximum absolute atomic E-state index is 6.08. The van der Waals surface area contributed by atoms with Crippen LogP contribution in [-0.2, 0) is 5.41 Å². The number of hydrogen-bond donors (Lipinski definition) is 2. The van der Waals surface area contributed by atoms with Crippen LogP contribution in [0.25, 0.3) is 21.8 Å². The van der Waals surface area contributed by atoms with Crippen molar-refractivity contribution in [2.24, 2.45) is 0 Å². The summed E-state index contributed by atoms with van der Waals surface area (Å²) in [5.41, 5.74) is 5.91. The number of para-hydroxylation sites is 3. The van der Waals surface area contributed by atoms with Gasteiger partial charge in [0, 0.05) is 39.8 Å². The smallest absolute Gasteiger partial charge is 0.123 e. The number of ether oxygens (including phenoxy) is 1. The van der Waals surface area contributed by atoms with E-state index in [2.05, 4.69) is 95.2 Å². The average molecular weight is 364 g/mol. The third-order valence-electron chi connectivity index (χ3n) is 6.18. The highest BCUT2D eigenvalue weighted by atomic mass is 16.5. The van der Waals surface area contributed by atoms with Gasteiger partial charge in [-0.2, -0.15) is 0 Å². The fraction of sp³-hybridized carbons (Fsp3) is 0.120. The second kappa shape index (κ2) is 5.77. The molecule has 3 heterocycles. The van der Waals surface area contributed by atoms with E-state index in [-0.39, 0.29) is 5.41 Å². The molecule has 0 atom stereocenters. The number of nitrogens with one attached hydrogen (secondary N) is 2. The highest BCUT2D eigenvalue weighted by Gasteiger charge is 2.43. The molecule has 3 nitrogen and oxygen atoms in total. The molecular weight excluding hydrogens is 344 g/mol. The number of rotatable bonds is 2. The molecule has 5 aromatic rings. The third-order valence-corrected chi connectivity index (χ3v) is 6.18. The summed E-state index contributed by atoms with van der Waals surface area (Å²) in [6, 6.07) is 25.6. The molecule has 136 valence electrons. The average Bonchev–Trinajstić information content (AvgIpc) is 3.38. The first kappa shape index (κ1) is 15.6. The normalized spacial score (nSPS) is 15.4. The molecule has 3 heteroatoms. The van der Waals surface area contributed by atoms with Gasteiger partial charge in [-0.05, 0) is 35.7 Å². The number of aromatic amines is 2. The van der Waals surface area contributed by atoms with Gasteiger partial charge in [-0.25, -0.2) is 0 Å². The van der Waals surface area contributed by atoms with Crippen LogP contribution in [0.4, 0.5) is 0 Å². The fourth-order valence-corrected chi connectivity index (χ4v) is 4.95. The van der Waals surface area contributed by atoms with Crippen molar-refractivity contribution in [1.29, 1.82) is 0 Å². The zero-order valence-corrected chi connectivity index (χ0v) is 15.4. The van der Waals surface area contributed by atoms with Crippen LogP contribution in [0.15, 0.2) is 85.2 Å². The van der Waals surface area contributed by atoms with Crippen molar-refractivity contribution in [2.45, 2.75) is 11.8 Å². The molecule has 0 unspecified atom stereocenters. The quantitative estimate of drug-likeness (QED) is 0.410. The van der Waals surface area contributed by atoms with Gasteiger partial charge in [0.15, 0.2) is 0 Å². The van der Waals surface area contributed by atoms with Gasteiger partial charge in [0.05, 0.1) is 12.0 Å². The lowest BCUT2D eigenvalue weighted by Gasteiger charge is -2.39. The van der Waals surface area contributed by atoms with Crippen molar-refractivity contribution in [1.82, 2.24) is 9.97 Å². The Morgan fingerprint density at radius 1 is 0.643 bits per heavy atom. The van der Waals surface area contributed by atoms with E-state index in [1.807, 2.05) is 0 Å². The van der Waals surface area contributed by atoms with E-state index in [1.165, 1.54) is 38.5 Å². The predicted octanol–water partition coefficient (Wildman–Crippen LogP) is 5.77. The summed E-state index contributed by atoms with van der Waals surface area (Å²) in [5.74, 6) is 0.976. The lowest BCUT2D eigenvalue weighted by atomic mass is 9.66. The van der Waals surface area contributed by atoms with Crippen LogP contribution in [0.5, 0.6) is 5.75 Å². The Labute approximate surface area is 163 Å². The van der Waals surface area contributed by atoms with E-state index in [1.54, 1.807) is 0 Å². The van der Waals surface area contributed by atoms with Crippen LogP contribution in [0.3, 0.4) is 0 Å². The SMILES string of the molecule is c1ccc2c(c1)OCCC2(c1c[nH]c2ccccc12)c1c[nH]c2ccccc12. The number of benzene rings is 3. The van der Waals surface area contributed by atoms with Crippen molar-refractivity contribution in [2.75, 3.05) is 6.61 Å². The van der Waals surface area contributed by atoms with Crippen LogP contribution in [0.2, 0.25) is 0 Å². The minimum atomic E-state index is -0.270. The third kappa shape index (κ3) is 1.99. The largest absolute Gasteiger partial charge is 0.493 e. The minimum Gasteiger partial charge on any atom is -0.493 e. The monoisotopic (exact) mass is 364 g/mol. The van der Waals surface area contributed by atoms with E-state index in [0.29, 0.717) is 6.61 Å². The second-order valence-electron chi connectivity index (χ2n) is 7.50. The Hall–Kier alpha value is -3.46. The van der Waals surface area contributed by atoms with Crippen molar-refractivity contribution in [3.8, 4) is 5.75 Å². The van der Waals surface area contributed by atoms with Crippen LogP contribution in [-0.4, -0.2) is 16.6 Å². The highest BCUT2D eigenvalue weighted by Crippen LogP contribution is 2.51. The standard InChI is InChI=1S/C25H20N2O/c1-4-10-22-17(7-1)20(15-26-22)25(13-14-28-24-12-6-3-9-19(24)25)21-16-27-23-11-5-2-8-18(21)23/h1-12,15-16,26-27H,13-14H2. The molecule has 0 fully saturated rings. The molecule has 2 N–H and O–H groups in total. The van der Waals surface area contributed by atoms with Crippen LogP contribution < -0.4 is 4.74 Å². The summed E-state index contributed by atoms with van der Waals surface area (Å²) < 4.78 is 6.08. The van der Waals surface area contributed by atoms with Gasteiger partial charge in [-0.3, -0.25) is 0 Å². The summed E-state index contributed by atoms with van der Waals surface area (Å²) in [6.45, 7) is 0.691. The summed E-state index contributed by atoms with van der Waals surface area (Å²) in [6.07, 6.45) is 5.27. The lowest BCUT2D eigenvalue weighted by molar-refractivity contribution is 0.253. The molecule has 6 rings (SSSR count). The molecule has 0 amide bonds. The van der Waals surface area contributed by atoms with Gasteiger partial charge in [0.25, 0.3) is 0 Å². The predicted molar refractivity (Wildman–Crippen MR) is 113 cm³/mol. The van der Waals surface area contributed by atoms with Crippen LogP contribution in [0.1, 0.15) is 23.1 Å². The number of H-pyrrole nitrogens is 2. The Kier molecular flexibility index (Phi) is 3.21. The number of hydrogen-bond acceptors (Lipinski definition) is 1. The Morgan fingerprint density at radius 3 is 1.89 bits per heavy atom. The van der Waals surface area contributed by atoms with Crippen molar-refractivity contribution in [3.63, 3.8) is 0 Å². The molecule has 1 aliphatic heterocycles. The van der Waals surface area contributed by atoms with E-state index < -0.39 is 0 Å². The van der Waals surface area contributed by atoms with Gasteiger partial charge >= 0.3 is 0 Å². The molecule has 1 aliphatic rings.